The third-order valence-electron chi connectivity index (χ3n) is 3.61. The first-order valence-electron chi connectivity index (χ1n) is 7.63. The van der Waals surface area contributed by atoms with Gasteiger partial charge in [-0.3, -0.25) is 4.79 Å². The zero-order valence-corrected chi connectivity index (χ0v) is 15.4. The second-order valence-electron chi connectivity index (χ2n) is 5.27. The summed E-state index contributed by atoms with van der Waals surface area (Å²) in [6.07, 6.45) is 0. The van der Waals surface area contributed by atoms with Crippen molar-refractivity contribution in [1.82, 2.24) is 4.98 Å². The fourth-order valence-corrected chi connectivity index (χ4v) is 3.12. The molecule has 0 fully saturated rings. The molecule has 1 aromatic heterocycles. The number of nitrogens with zero attached hydrogens (tertiary/aromatic N) is 3. The van der Waals surface area contributed by atoms with E-state index in [1.165, 1.54) is 13.2 Å². The molecule has 0 unspecified atom stereocenters. The molecule has 9 heteroatoms. The highest BCUT2D eigenvalue weighted by Gasteiger charge is 2.18. The normalized spacial score (nSPS) is 9.78. The number of aromatic nitrogens is 1. The first kappa shape index (κ1) is 19.8. The highest BCUT2D eigenvalue weighted by molar-refractivity contribution is 8.00. The van der Waals surface area contributed by atoms with E-state index in [4.69, 9.17) is 11.0 Å². The number of ether oxygens (including phenoxy) is 1. The lowest BCUT2D eigenvalue weighted by atomic mass is 10.1. The van der Waals surface area contributed by atoms with Gasteiger partial charge in [-0.1, -0.05) is 23.9 Å². The first-order chi connectivity index (χ1) is 12.9. The lowest BCUT2D eigenvalue weighted by Crippen LogP contribution is -2.17. The molecule has 1 aromatic carbocycles. The number of nitrogens with two attached hydrogens (primary N) is 1. The highest BCUT2D eigenvalue weighted by Crippen LogP contribution is 2.28. The molecule has 0 atom stereocenters. The molecule has 0 spiro atoms. The molecule has 0 saturated heterocycles. The van der Waals surface area contributed by atoms with E-state index >= 15 is 0 Å². The monoisotopic (exact) mass is 381 g/mol. The van der Waals surface area contributed by atoms with Gasteiger partial charge >= 0.3 is 5.97 Å². The van der Waals surface area contributed by atoms with Crippen molar-refractivity contribution in [2.75, 3.05) is 23.9 Å². The largest absolute Gasteiger partial charge is 0.465 e. The summed E-state index contributed by atoms with van der Waals surface area (Å²) in [6.45, 7) is 1.60. The molecule has 2 aromatic rings. The van der Waals surface area contributed by atoms with Crippen molar-refractivity contribution >= 4 is 35.1 Å². The van der Waals surface area contributed by atoms with Crippen LogP contribution in [0.15, 0.2) is 29.3 Å². The lowest BCUT2D eigenvalue weighted by Gasteiger charge is -2.11. The van der Waals surface area contributed by atoms with Crippen molar-refractivity contribution in [3.63, 3.8) is 0 Å². The van der Waals surface area contributed by atoms with Crippen molar-refractivity contribution in [3.05, 3.63) is 46.5 Å². The molecule has 0 aliphatic heterocycles. The Morgan fingerprint density at radius 1 is 1.26 bits per heavy atom. The summed E-state index contributed by atoms with van der Waals surface area (Å²) in [5.74, 6) is -1.03. The van der Waals surface area contributed by atoms with Crippen molar-refractivity contribution in [2.45, 2.75) is 11.9 Å². The average molecular weight is 381 g/mol. The van der Waals surface area contributed by atoms with E-state index in [1.807, 2.05) is 12.1 Å². The predicted octanol–water partition coefficient (Wildman–Crippen LogP) is 2.23. The van der Waals surface area contributed by atoms with Crippen LogP contribution in [-0.4, -0.2) is 29.7 Å². The number of hydrogen-bond donors (Lipinski definition) is 2. The van der Waals surface area contributed by atoms with E-state index in [9.17, 15) is 14.9 Å². The van der Waals surface area contributed by atoms with Crippen LogP contribution in [0.25, 0.3) is 0 Å². The molecule has 0 aliphatic rings. The third-order valence-corrected chi connectivity index (χ3v) is 4.59. The Kier molecular flexibility index (Phi) is 6.36. The van der Waals surface area contributed by atoms with Crippen LogP contribution in [0.5, 0.6) is 0 Å². The Morgan fingerprint density at radius 3 is 2.56 bits per heavy atom. The Bertz CT molecular complexity index is 992. The topological polar surface area (TPSA) is 142 Å². The zero-order chi connectivity index (χ0) is 20.0. The SMILES string of the molecule is COC(=O)c1ccccc1NC(=O)CSc1nc(N)c(C#N)c(C)c1C#N. The van der Waals surface area contributed by atoms with Gasteiger partial charge in [0.2, 0.25) is 5.91 Å². The van der Waals surface area contributed by atoms with E-state index in [-0.39, 0.29) is 33.3 Å². The molecule has 8 nitrogen and oxygen atoms in total. The van der Waals surface area contributed by atoms with E-state index in [0.717, 1.165) is 11.8 Å². The van der Waals surface area contributed by atoms with Crippen LogP contribution in [0.4, 0.5) is 11.5 Å². The maximum Gasteiger partial charge on any atom is 0.339 e. The van der Waals surface area contributed by atoms with Crippen LogP contribution in [0, 0.1) is 29.6 Å². The maximum atomic E-state index is 12.3. The van der Waals surface area contributed by atoms with Crippen LogP contribution in [0.3, 0.4) is 0 Å². The lowest BCUT2D eigenvalue weighted by molar-refractivity contribution is -0.113. The summed E-state index contributed by atoms with van der Waals surface area (Å²) in [5.41, 5.74) is 7.06. The highest BCUT2D eigenvalue weighted by atomic mass is 32.2. The molecule has 3 N–H and O–H groups in total. The number of anilines is 2. The van der Waals surface area contributed by atoms with Gasteiger partial charge in [-0.25, -0.2) is 9.78 Å². The summed E-state index contributed by atoms with van der Waals surface area (Å²) in [5, 5.41) is 21.3. The molecule has 0 aliphatic carbocycles. The number of nitriles is 2. The zero-order valence-electron chi connectivity index (χ0n) is 14.6. The van der Waals surface area contributed by atoms with Crippen molar-refractivity contribution in [2.24, 2.45) is 0 Å². The standard InChI is InChI=1S/C18H15N5O3S/c1-10-12(7-19)16(21)23-17(13(10)8-20)27-9-15(24)22-14-6-4-3-5-11(14)18(25)26-2/h3-6H,9H2,1-2H3,(H2,21,23)(H,22,24). The van der Waals surface area contributed by atoms with Gasteiger partial charge in [-0.2, -0.15) is 10.5 Å². The van der Waals surface area contributed by atoms with Gasteiger partial charge in [-0.15, -0.1) is 0 Å². The minimum absolute atomic E-state index is 0.00736. The molecule has 1 heterocycles. The van der Waals surface area contributed by atoms with Gasteiger partial charge in [-0.05, 0) is 24.6 Å². The predicted molar refractivity (Wildman–Crippen MR) is 100.0 cm³/mol. The van der Waals surface area contributed by atoms with Gasteiger partial charge in [0.25, 0.3) is 0 Å². The van der Waals surface area contributed by atoms with E-state index in [0.29, 0.717) is 11.3 Å². The van der Waals surface area contributed by atoms with Gasteiger partial charge in [0.15, 0.2) is 0 Å². The van der Waals surface area contributed by atoms with Crippen LogP contribution in [-0.2, 0) is 9.53 Å². The summed E-state index contributed by atoms with van der Waals surface area (Å²) in [6, 6.07) is 10.4. The number of nitrogen functional groups attached to an aromatic ring is 1. The Hall–Kier alpha value is -3.56. The summed E-state index contributed by atoms with van der Waals surface area (Å²) in [7, 11) is 1.25. The van der Waals surface area contributed by atoms with E-state index in [1.54, 1.807) is 25.1 Å². The van der Waals surface area contributed by atoms with Crippen molar-refractivity contribution < 1.29 is 14.3 Å². The summed E-state index contributed by atoms with van der Waals surface area (Å²) >= 11 is 1.02. The number of thioether (sulfide) groups is 1. The van der Waals surface area contributed by atoms with E-state index in [2.05, 4.69) is 15.0 Å². The number of benzene rings is 1. The fraction of sp³-hybridized carbons (Fsp3) is 0.167. The summed E-state index contributed by atoms with van der Waals surface area (Å²) in [4.78, 5) is 28.1. The quantitative estimate of drug-likeness (QED) is 0.593. The molecule has 27 heavy (non-hydrogen) atoms. The number of rotatable bonds is 5. The Balaban J connectivity index is 2.17. The molecule has 136 valence electrons. The van der Waals surface area contributed by atoms with Gasteiger partial charge in [0, 0.05) is 0 Å². The smallest absolute Gasteiger partial charge is 0.339 e. The van der Waals surface area contributed by atoms with Crippen LogP contribution in [0.1, 0.15) is 27.0 Å². The number of hydrogen-bond acceptors (Lipinski definition) is 8. The van der Waals surface area contributed by atoms with E-state index < -0.39 is 11.9 Å². The number of methoxy groups -OCH3 is 1. The number of para-hydroxylation sites is 1. The molecule has 1 amide bonds. The first-order valence-corrected chi connectivity index (χ1v) is 8.61. The van der Waals surface area contributed by atoms with Gasteiger partial charge in [0.1, 0.15) is 23.0 Å². The number of carbonyl (C=O) groups excluding carboxylic acids is 2. The number of nitrogens with one attached hydrogen (secondary N) is 1. The third kappa shape index (κ3) is 4.35. The van der Waals surface area contributed by atoms with Gasteiger partial charge in [0.05, 0.1) is 35.2 Å². The van der Waals surface area contributed by atoms with Crippen molar-refractivity contribution in [1.29, 1.82) is 10.5 Å². The molecule has 0 saturated carbocycles. The molecular formula is C18H15N5O3S. The van der Waals surface area contributed by atoms with Crippen LogP contribution < -0.4 is 11.1 Å². The fourth-order valence-electron chi connectivity index (χ4n) is 2.28. The number of pyridine rings is 1. The minimum Gasteiger partial charge on any atom is -0.465 e. The summed E-state index contributed by atoms with van der Waals surface area (Å²) < 4.78 is 4.68. The molecule has 2 rings (SSSR count). The second-order valence-corrected chi connectivity index (χ2v) is 6.24. The molecular weight excluding hydrogens is 366 g/mol. The Labute approximate surface area is 159 Å². The van der Waals surface area contributed by atoms with Crippen LogP contribution >= 0.6 is 11.8 Å². The number of esters is 1. The Morgan fingerprint density at radius 2 is 1.93 bits per heavy atom. The molecule has 0 bridgehead atoms. The number of carbonyl (C=O) groups is 2. The van der Waals surface area contributed by atoms with Gasteiger partial charge < -0.3 is 15.8 Å². The second kappa shape index (κ2) is 8.70. The maximum absolute atomic E-state index is 12.3. The molecule has 0 radical (unpaired) electrons. The number of amides is 1. The van der Waals surface area contributed by atoms with Crippen LogP contribution in [0.2, 0.25) is 0 Å². The average Bonchev–Trinajstić information content (AvgIpc) is 2.66. The minimum atomic E-state index is -0.567. The van der Waals surface area contributed by atoms with Crippen molar-refractivity contribution in [3.8, 4) is 12.1 Å².